The number of nitrogen functional groups attached to an aromatic ring is 1. The van der Waals surface area contributed by atoms with Crippen LogP contribution in [0.4, 0.5) is 11.4 Å². The number of anilines is 2. The lowest BCUT2D eigenvalue weighted by atomic mass is 9.92. The Morgan fingerprint density at radius 3 is 2.50 bits per heavy atom. The number of ether oxygens (including phenoxy) is 1. The van der Waals surface area contributed by atoms with Gasteiger partial charge in [-0.25, -0.2) is 4.79 Å². The minimum absolute atomic E-state index is 0.311. The van der Waals surface area contributed by atoms with Crippen LogP contribution in [0, 0.1) is 5.41 Å². The molecule has 1 rings (SSSR count). The summed E-state index contributed by atoms with van der Waals surface area (Å²) in [6, 6.07) is 4.84. The minimum atomic E-state index is -0.688. The highest BCUT2D eigenvalue weighted by atomic mass is 16.5. The Morgan fingerprint density at radius 2 is 2.00 bits per heavy atom. The molecule has 0 aliphatic carbocycles. The number of hydrogen-bond acceptors (Lipinski definition) is 5. The molecule has 0 saturated carbocycles. The Balaban J connectivity index is 2.79. The molecule has 0 atom stereocenters. The number of rotatable bonds is 6. The Morgan fingerprint density at radius 1 is 1.35 bits per heavy atom. The quantitative estimate of drug-likeness (QED) is 0.538. The number of nitrogens with two attached hydrogens (primary N) is 2. The number of amides is 1. The highest BCUT2D eigenvalue weighted by Gasteiger charge is 2.24. The molecule has 20 heavy (non-hydrogen) atoms. The summed E-state index contributed by atoms with van der Waals surface area (Å²) in [6.45, 7) is 5.89. The first-order valence-electron chi connectivity index (χ1n) is 6.38. The van der Waals surface area contributed by atoms with E-state index < -0.39 is 17.3 Å². The van der Waals surface area contributed by atoms with Gasteiger partial charge in [0.2, 0.25) is 5.91 Å². The van der Waals surface area contributed by atoms with Gasteiger partial charge in [0.25, 0.3) is 0 Å². The van der Waals surface area contributed by atoms with Crippen LogP contribution in [0.15, 0.2) is 18.2 Å². The minimum Gasteiger partial charge on any atom is -0.462 e. The Kier molecular flexibility index (Phi) is 4.96. The van der Waals surface area contributed by atoms with E-state index in [9.17, 15) is 9.59 Å². The predicted octanol–water partition coefficient (Wildman–Crippen LogP) is 1.37. The van der Waals surface area contributed by atoms with Crippen molar-refractivity contribution in [2.75, 3.05) is 24.2 Å². The number of hydrogen-bond donors (Lipinski definition) is 3. The van der Waals surface area contributed by atoms with Crippen molar-refractivity contribution in [1.29, 1.82) is 0 Å². The molecule has 0 heterocycles. The molecule has 110 valence electrons. The van der Waals surface area contributed by atoms with Crippen LogP contribution < -0.4 is 16.8 Å². The van der Waals surface area contributed by atoms with Crippen molar-refractivity contribution in [3.63, 3.8) is 0 Å². The van der Waals surface area contributed by atoms with Gasteiger partial charge in [-0.05, 0) is 39.0 Å². The van der Waals surface area contributed by atoms with E-state index >= 15 is 0 Å². The lowest BCUT2D eigenvalue weighted by Crippen LogP contribution is -2.37. The standard InChI is InChI=1S/C14H21N3O3/c1-4-20-12(18)9-5-6-11(10(15)7-9)17-8-14(2,3)13(16)19/h5-7,17H,4,8,15H2,1-3H3,(H2,16,19). The molecular weight excluding hydrogens is 258 g/mol. The van der Waals surface area contributed by atoms with Crippen LogP contribution in [-0.4, -0.2) is 25.0 Å². The highest BCUT2D eigenvalue weighted by Crippen LogP contribution is 2.23. The third kappa shape index (κ3) is 3.88. The molecule has 0 aliphatic rings. The van der Waals surface area contributed by atoms with E-state index in [1.54, 1.807) is 32.9 Å². The summed E-state index contributed by atoms with van der Waals surface area (Å²) in [7, 11) is 0. The van der Waals surface area contributed by atoms with Crippen molar-refractivity contribution >= 4 is 23.3 Å². The maximum Gasteiger partial charge on any atom is 0.338 e. The third-order valence-electron chi connectivity index (χ3n) is 2.95. The predicted molar refractivity (Wildman–Crippen MR) is 78.3 cm³/mol. The number of esters is 1. The van der Waals surface area contributed by atoms with E-state index in [0.29, 0.717) is 30.1 Å². The first kappa shape index (κ1) is 15.8. The summed E-state index contributed by atoms with van der Waals surface area (Å²) < 4.78 is 4.89. The maximum atomic E-state index is 11.6. The Labute approximate surface area is 118 Å². The van der Waals surface area contributed by atoms with Crippen molar-refractivity contribution in [1.82, 2.24) is 0 Å². The van der Waals surface area contributed by atoms with E-state index in [1.165, 1.54) is 6.07 Å². The summed E-state index contributed by atoms with van der Waals surface area (Å²) in [4.78, 5) is 22.8. The third-order valence-corrected chi connectivity index (χ3v) is 2.95. The molecule has 0 unspecified atom stereocenters. The van der Waals surface area contributed by atoms with Gasteiger partial charge >= 0.3 is 5.97 Å². The molecular formula is C14H21N3O3. The summed E-state index contributed by atoms with van der Waals surface area (Å²) in [5.74, 6) is -0.810. The molecule has 6 heteroatoms. The van der Waals surface area contributed by atoms with Crippen LogP contribution in [0.3, 0.4) is 0 Å². The first-order valence-corrected chi connectivity index (χ1v) is 6.38. The van der Waals surface area contributed by atoms with E-state index in [0.717, 1.165) is 0 Å². The lowest BCUT2D eigenvalue weighted by molar-refractivity contribution is -0.125. The van der Waals surface area contributed by atoms with Crippen LogP contribution in [-0.2, 0) is 9.53 Å². The monoisotopic (exact) mass is 279 g/mol. The SMILES string of the molecule is CCOC(=O)c1ccc(NCC(C)(C)C(N)=O)c(N)c1. The van der Waals surface area contributed by atoms with Gasteiger partial charge in [-0.1, -0.05) is 0 Å². The molecule has 0 fully saturated rings. The molecule has 0 radical (unpaired) electrons. The second-order valence-corrected chi connectivity index (χ2v) is 5.12. The average Bonchev–Trinajstić information content (AvgIpc) is 2.37. The molecule has 0 aromatic heterocycles. The van der Waals surface area contributed by atoms with Crippen molar-refractivity contribution in [3.8, 4) is 0 Å². The van der Waals surface area contributed by atoms with Gasteiger partial charge in [0.05, 0.1) is 29.0 Å². The maximum absolute atomic E-state index is 11.6. The van der Waals surface area contributed by atoms with E-state index in [-0.39, 0.29) is 0 Å². The highest BCUT2D eigenvalue weighted by molar-refractivity contribution is 5.92. The van der Waals surface area contributed by atoms with Crippen LogP contribution in [0.5, 0.6) is 0 Å². The van der Waals surface area contributed by atoms with E-state index in [4.69, 9.17) is 16.2 Å². The van der Waals surface area contributed by atoms with Crippen LogP contribution in [0.2, 0.25) is 0 Å². The normalized spacial score (nSPS) is 10.9. The van der Waals surface area contributed by atoms with Gasteiger partial charge in [0.1, 0.15) is 0 Å². The molecule has 0 bridgehead atoms. The van der Waals surface area contributed by atoms with Gasteiger partial charge in [0, 0.05) is 6.54 Å². The number of benzene rings is 1. The zero-order valence-electron chi connectivity index (χ0n) is 12.0. The first-order chi connectivity index (χ1) is 9.27. The van der Waals surface area contributed by atoms with Crippen LogP contribution in [0.25, 0.3) is 0 Å². The summed E-state index contributed by atoms with van der Waals surface area (Å²) in [5, 5.41) is 3.05. The summed E-state index contributed by atoms with van der Waals surface area (Å²) in [6.07, 6.45) is 0. The molecule has 0 saturated heterocycles. The van der Waals surface area contributed by atoms with Gasteiger partial charge < -0.3 is 21.5 Å². The lowest BCUT2D eigenvalue weighted by Gasteiger charge is -2.22. The largest absolute Gasteiger partial charge is 0.462 e. The second kappa shape index (κ2) is 6.27. The van der Waals surface area contributed by atoms with Crippen molar-refractivity contribution in [2.24, 2.45) is 11.1 Å². The fraction of sp³-hybridized carbons (Fsp3) is 0.429. The zero-order valence-corrected chi connectivity index (χ0v) is 12.0. The molecule has 0 spiro atoms. The zero-order chi connectivity index (χ0) is 15.3. The van der Waals surface area contributed by atoms with Crippen LogP contribution >= 0.6 is 0 Å². The van der Waals surface area contributed by atoms with Gasteiger partial charge in [0.15, 0.2) is 0 Å². The van der Waals surface area contributed by atoms with E-state index in [1.807, 2.05) is 0 Å². The van der Waals surface area contributed by atoms with E-state index in [2.05, 4.69) is 5.32 Å². The number of nitrogens with one attached hydrogen (secondary N) is 1. The summed E-state index contributed by atoms with van der Waals surface area (Å²) in [5.41, 5.74) is 11.9. The Hall–Kier alpha value is -2.24. The molecule has 0 aliphatic heterocycles. The fourth-order valence-electron chi connectivity index (χ4n) is 1.47. The topological polar surface area (TPSA) is 107 Å². The van der Waals surface area contributed by atoms with Crippen molar-refractivity contribution < 1.29 is 14.3 Å². The Bertz CT molecular complexity index is 512. The van der Waals surface area contributed by atoms with Crippen molar-refractivity contribution in [3.05, 3.63) is 23.8 Å². The van der Waals surface area contributed by atoms with Gasteiger partial charge in [-0.15, -0.1) is 0 Å². The second-order valence-electron chi connectivity index (χ2n) is 5.12. The number of carbonyl (C=O) groups excluding carboxylic acids is 2. The number of primary amides is 1. The van der Waals surface area contributed by atoms with Crippen molar-refractivity contribution in [2.45, 2.75) is 20.8 Å². The molecule has 1 aromatic rings. The fourth-order valence-corrected chi connectivity index (χ4v) is 1.47. The summed E-state index contributed by atoms with van der Waals surface area (Å²) >= 11 is 0. The molecule has 5 N–H and O–H groups in total. The molecule has 1 aromatic carbocycles. The van der Waals surface area contributed by atoms with Gasteiger partial charge in [-0.2, -0.15) is 0 Å². The van der Waals surface area contributed by atoms with Crippen LogP contribution in [0.1, 0.15) is 31.1 Å². The average molecular weight is 279 g/mol. The number of carbonyl (C=O) groups is 2. The van der Waals surface area contributed by atoms with Gasteiger partial charge in [-0.3, -0.25) is 4.79 Å². The molecule has 1 amide bonds. The smallest absolute Gasteiger partial charge is 0.338 e. The molecule has 6 nitrogen and oxygen atoms in total.